The van der Waals surface area contributed by atoms with Crippen LogP contribution < -0.4 is 20.8 Å². The fraction of sp³-hybridized carbons (Fsp3) is 0.312. The van der Waals surface area contributed by atoms with Crippen LogP contribution in [-0.2, 0) is 13.1 Å². The summed E-state index contributed by atoms with van der Waals surface area (Å²) in [6, 6.07) is 7.44. The molecule has 6 heteroatoms. The monoisotopic (exact) mass is 302 g/mol. The van der Waals surface area contributed by atoms with Crippen LogP contribution in [0.2, 0.25) is 0 Å². The minimum Gasteiger partial charge on any atom is -0.454 e. The van der Waals surface area contributed by atoms with Crippen molar-refractivity contribution >= 4 is 0 Å². The molecule has 0 bridgehead atoms. The van der Waals surface area contributed by atoms with Crippen molar-refractivity contribution in [2.75, 3.05) is 13.4 Å². The van der Waals surface area contributed by atoms with E-state index < -0.39 is 0 Å². The van der Waals surface area contributed by atoms with Crippen LogP contribution in [0.25, 0.3) is 11.3 Å². The van der Waals surface area contributed by atoms with Crippen LogP contribution in [-0.4, -0.2) is 23.1 Å². The maximum Gasteiger partial charge on any atom is 0.255 e. The number of ether oxygens (including phenoxy) is 2. The van der Waals surface area contributed by atoms with Gasteiger partial charge in [0, 0.05) is 24.2 Å². The summed E-state index contributed by atoms with van der Waals surface area (Å²) in [6.45, 7) is 2.34. The Morgan fingerprint density at radius 1 is 1.27 bits per heavy atom. The first-order valence-electron chi connectivity index (χ1n) is 7.10. The van der Waals surface area contributed by atoms with Crippen molar-refractivity contribution in [1.82, 2.24) is 4.57 Å². The van der Waals surface area contributed by atoms with E-state index in [2.05, 4.69) is 0 Å². The average Bonchev–Trinajstić information content (AvgIpc) is 2.98. The molecule has 3 rings (SSSR count). The van der Waals surface area contributed by atoms with Crippen molar-refractivity contribution in [1.29, 1.82) is 0 Å². The highest BCUT2D eigenvalue weighted by Crippen LogP contribution is 2.35. The highest BCUT2D eigenvalue weighted by atomic mass is 16.7. The fourth-order valence-electron chi connectivity index (χ4n) is 2.68. The lowest BCUT2D eigenvalue weighted by atomic mass is 10.0. The molecule has 2 aromatic rings. The van der Waals surface area contributed by atoms with Gasteiger partial charge in [0.2, 0.25) is 6.79 Å². The first-order chi connectivity index (χ1) is 10.7. The molecule has 0 unspecified atom stereocenters. The molecule has 1 aliphatic rings. The van der Waals surface area contributed by atoms with E-state index in [-0.39, 0.29) is 32.0 Å². The van der Waals surface area contributed by atoms with E-state index >= 15 is 0 Å². The smallest absolute Gasteiger partial charge is 0.255 e. The quantitative estimate of drug-likeness (QED) is 0.880. The average molecular weight is 302 g/mol. The van der Waals surface area contributed by atoms with Gasteiger partial charge in [0.25, 0.3) is 5.56 Å². The zero-order valence-corrected chi connectivity index (χ0v) is 12.3. The van der Waals surface area contributed by atoms with E-state index in [1.165, 1.54) is 0 Å². The van der Waals surface area contributed by atoms with E-state index in [9.17, 15) is 9.90 Å². The molecule has 1 aromatic carbocycles. The summed E-state index contributed by atoms with van der Waals surface area (Å²) in [7, 11) is 0. The number of aliphatic hydroxyl groups excluding tert-OH is 1. The number of aliphatic hydroxyl groups is 1. The van der Waals surface area contributed by atoms with Crippen molar-refractivity contribution < 1.29 is 14.6 Å². The maximum atomic E-state index is 12.6. The standard InChI is InChI=1S/C16H18N2O4/c1-10-6-13(18(4-5-19)16(20)12(10)8-17)11-2-3-14-15(7-11)22-9-21-14/h2-3,6-7,19H,4-5,8-9,17H2,1H3. The molecule has 0 aliphatic carbocycles. The summed E-state index contributed by atoms with van der Waals surface area (Å²) in [5, 5.41) is 9.27. The van der Waals surface area contributed by atoms with Crippen LogP contribution in [0.4, 0.5) is 0 Å². The number of nitrogens with zero attached hydrogens (tertiary/aromatic N) is 1. The van der Waals surface area contributed by atoms with Crippen molar-refractivity contribution in [2.24, 2.45) is 5.73 Å². The molecule has 0 radical (unpaired) electrons. The molecule has 2 heterocycles. The number of fused-ring (bicyclic) bond motifs is 1. The Morgan fingerprint density at radius 2 is 2.05 bits per heavy atom. The molecule has 0 saturated heterocycles. The number of benzene rings is 1. The summed E-state index contributed by atoms with van der Waals surface area (Å²) >= 11 is 0. The summed E-state index contributed by atoms with van der Waals surface area (Å²) < 4.78 is 12.2. The Bertz CT molecular complexity index is 767. The van der Waals surface area contributed by atoms with Gasteiger partial charge in [-0.1, -0.05) is 0 Å². The van der Waals surface area contributed by atoms with Gasteiger partial charge in [-0.2, -0.15) is 0 Å². The third kappa shape index (κ3) is 2.36. The van der Waals surface area contributed by atoms with Gasteiger partial charge in [0.1, 0.15) is 0 Å². The summed E-state index contributed by atoms with van der Waals surface area (Å²) in [5.74, 6) is 1.34. The number of aryl methyl sites for hydroxylation is 1. The van der Waals surface area contributed by atoms with E-state index in [1.54, 1.807) is 4.57 Å². The fourth-order valence-corrected chi connectivity index (χ4v) is 2.68. The summed E-state index contributed by atoms with van der Waals surface area (Å²) in [5.41, 5.74) is 8.48. The SMILES string of the molecule is Cc1cc(-c2ccc3c(c2)OCO3)n(CCO)c(=O)c1CN. The van der Waals surface area contributed by atoms with E-state index in [0.717, 1.165) is 16.8 Å². The third-order valence-corrected chi connectivity index (χ3v) is 3.82. The van der Waals surface area contributed by atoms with E-state index in [4.69, 9.17) is 15.2 Å². The van der Waals surface area contributed by atoms with Crippen molar-refractivity contribution in [3.8, 4) is 22.8 Å². The number of nitrogens with two attached hydrogens (primary N) is 1. The largest absolute Gasteiger partial charge is 0.454 e. The van der Waals surface area contributed by atoms with E-state index in [0.29, 0.717) is 17.1 Å². The second-order valence-corrected chi connectivity index (χ2v) is 5.14. The molecule has 1 aromatic heterocycles. The molecule has 6 nitrogen and oxygen atoms in total. The topological polar surface area (TPSA) is 86.7 Å². The van der Waals surface area contributed by atoms with Crippen LogP contribution in [0.1, 0.15) is 11.1 Å². The third-order valence-electron chi connectivity index (χ3n) is 3.82. The van der Waals surface area contributed by atoms with Crippen LogP contribution in [0, 0.1) is 6.92 Å². The number of hydrogen-bond acceptors (Lipinski definition) is 5. The number of aromatic nitrogens is 1. The van der Waals surface area contributed by atoms with Gasteiger partial charge in [-0.25, -0.2) is 0 Å². The Kier molecular flexibility index (Phi) is 3.87. The molecule has 0 amide bonds. The zero-order chi connectivity index (χ0) is 15.7. The lowest BCUT2D eigenvalue weighted by Crippen LogP contribution is -2.29. The Morgan fingerprint density at radius 3 is 2.77 bits per heavy atom. The van der Waals surface area contributed by atoms with Crippen molar-refractivity contribution in [3.05, 3.63) is 45.7 Å². The normalized spacial score (nSPS) is 12.7. The lowest BCUT2D eigenvalue weighted by Gasteiger charge is -2.16. The second kappa shape index (κ2) is 5.82. The molecular formula is C16H18N2O4. The minimum atomic E-state index is -0.163. The van der Waals surface area contributed by atoms with Crippen LogP contribution in [0.5, 0.6) is 11.5 Å². The molecule has 0 spiro atoms. The molecule has 0 saturated carbocycles. The van der Waals surface area contributed by atoms with Crippen LogP contribution >= 0.6 is 0 Å². The van der Waals surface area contributed by atoms with Gasteiger partial charge in [-0.3, -0.25) is 4.79 Å². The maximum absolute atomic E-state index is 12.6. The zero-order valence-electron chi connectivity index (χ0n) is 12.3. The Balaban J connectivity index is 2.19. The first-order valence-corrected chi connectivity index (χ1v) is 7.10. The van der Waals surface area contributed by atoms with Crippen LogP contribution in [0.15, 0.2) is 29.1 Å². The summed E-state index contributed by atoms with van der Waals surface area (Å²) in [4.78, 5) is 12.6. The van der Waals surface area contributed by atoms with Crippen LogP contribution in [0.3, 0.4) is 0 Å². The minimum absolute atomic E-state index is 0.121. The van der Waals surface area contributed by atoms with Gasteiger partial charge in [0.05, 0.1) is 12.3 Å². The molecule has 116 valence electrons. The van der Waals surface area contributed by atoms with Gasteiger partial charge >= 0.3 is 0 Å². The number of rotatable bonds is 4. The Labute approximate surface area is 127 Å². The molecule has 0 atom stereocenters. The molecular weight excluding hydrogens is 284 g/mol. The second-order valence-electron chi connectivity index (χ2n) is 5.14. The lowest BCUT2D eigenvalue weighted by molar-refractivity contribution is 0.174. The predicted molar refractivity (Wildman–Crippen MR) is 82.0 cm³/mol. The van der Waals surface area contributed by atoms with E-state index in [1.807, 2.05) is 31.2 Å². The van der Waals surface area contributed by atoms with Gasteiger partial charge in [-0.05, 0) is 36.8 Å². The molecule has 0 fully saturated rings. The number of pyridine rings is 1. The van der Waals surface area contributed by atoms with Gasteiger partial charge in [-0.15, -0.1) is 0 Å². The first kappa shape index (κ1) is 14.6. The highest BCUT2D eigenvalue weighted by molar-refractivity contribution is 5.66. The van der Waals surface area contributed by atoms with Crippen molar-refractivity contribution in [2.45, 2.75) is 20.0 Å². The van der Waals surface area contributed by atoms with Crippen molar-refractivity contribution in [3.63, 3.8) is 0 Å². The molecule has 22 heavy (non-hydrogen) atoms. The molecule has 3 N–H and O–H groups in total. The predicted octanol–water partition coefficient (Wildman–Crippen LogP) is 1.00. The van der Waals surface area contributed by atoms with Gasteiger partial charge in [0.15, 0.2) is 11.5 Å². The Hall–Kier alpha value is -2.31. The molecule has 1 aliphatic heterocycles. The van der Waals surface area contributed by atoms with Gasteiger partial charge < -0.3 is 24.9 Å². The highest BCUT2D eigenvalue weighted by Gasteiger charge is 2.17. The summed E-state index contributed by atoms with van der Waals surface area (Å²) in [6.07, 6.45) is 0. The number of hydrogen-bond donors (Lipinski definition) is 2.